The molecule has 2 atom stereocenters. The predicted octanol–water partition coefficient (Wildman–Crippen LogP) is 2.39. The minimum atomic E-state index is -3.41. The summed E-state index contributed by atoms with van der Waals surface area (Å²) in [6, 6.07) is 11.5. The van der Waals surface area contributed by atoms with Crippen molar-refractivity contribution in [1.82, 2.24) is 10.3 Å². The summed E-state index contributed by atoms with van der Waals surface area (Å²) in [6.07, 6.45) is 3.78. The Morgan fingerprint density at radius 2 is 2.00 bits per heavy atom. The summed E-state index contributed by atoms with van der Waals surface area (Å²) in [6.45, 7) is 1.83. The van der Waals surface area contributed by atoms with Gasteiger partial charge in [0.05, 0.1) is 19.1 Å². The molecule has 0 unspecified atom stereocenters. The van der Waals surface area contributed by atoms with E-state index in [1.54, 1.807) is 18.2 Å². The SMILES string of the molecule is COC(=O)[C@@H](Cc1c[nH]c2ccccc12)NC(=O)c1ccc2c(c1)C[C@H](C)N2S(C)(=O)=O. The van der Waals surface area contributed by atoms with Gasteiger partial charge in [-0.15, -0.1) is 0 Å². The molecular formula is C23H25N3O5S. The lowest BCUT2D eigenvalue weighted by Gasteiger charge is -2.22. The maximum absolute atomic E-state index is 13.0. The summed E-state index contributed by atoms with van der Waals surface area (Å²) in [5.74, 6) is -0.963. The number of amides is 1. The van der Waals surface area contributed by atoms with Crippen LogP contribution >= 0.6 is 0 Å². The van der Waals surface area contributed by atoms with Crippen LogP contribution in [-0.2, 0) is 32.4 Å². The minimum absolute atomic E-state index is 0.219. The van der Waals surface area contributed by atoms with Crippen LogP contribution in [0.1, 0.15) is 28.4 Å². The molecule has 2 aromatic carbocycles. The van der Waals surface area contributed by atoms with Gasteiger partial charge in [-0.25, -0.2) is 13.2 Å². The number of anilines is 1. The molecule has 3 aromatic rings. The van der Waals surface area contributed by atoms with E-state index in [-0.39, 0.29) is 12.5 Å². The van der Waals surface area contributed by atoms with Gasteiger partial charge in [0.15, 0.2) is 0 Å². The van der Waals surface area contributed by atoms with Crippen LogP contribution in [0.15, 0.2) is 48.7 Å². The number of carbonyl (C=O) groups excluding carboxylic acids is 2. The second-order valence-electron chi connectivity index (χ2n) is 8.07. The molecule has 0 spiro atoms. The predicted molar refractivity (Wildman–Crippen MR) is 122 cm³/mol. The first-order valence-electron chi connectivity index (χ1n) is 10.2. The smallest absolute Gasteiger partial charge is 0.328 e. The lowest BCUT2D eigenvalue weighted by Crippen LogP contribution is -2.43. The first kappa shape index (κ1) is 21.9. The standard InChI is InChI=1S/C23H25N3O5S/c1-14-10-16-11-15(8-9-21(16)26(14)32(3,29)30)22(27)25-20(23(28)31-2)12-17-13-24-19-7-5-4-6-18(17)19/h4-9,11,13-14,20,24H,10,12H2,1-3H3,(H,25,27)/t14-,20+/m0/s1. The van der Waals surface area contributed by atoms with Crippen LogP contribution in [0.2, 0.25) is 0 Å². The summed E-state index contributed by atoms with van der Waals surface area (Å²) in [5, 5.41) is 3.75. The largest absolute Gasteiger partial charge is 0.467 e. The van der Waals surface area contributed by atoms with Gasteiger partial charge in [-0.2, -0.15) is 0 Å². The molecule has 0 saturated heterocycles. The maximum Gasteiger partial charge on any atom is 0.328 e. The highest BCUT2D eigenvalue weighted by molar-refractivity contribution is 7.92. The Labute approximate surface area is 186 Å². The number of nitrogens with one attached hydrogen (secondary N) is 2. The number of sulfonamides is 1. The Hall–Kier alpha value is -3.33. The normalized spacial score (nSPS) is 16.6. The zero-order valence-corrected chi connectivity index (χ0v) is 18.9. The number of H-pyrrole nitrogens is 1. The van der Waals surface area contributed by atoms with E-state index in [1.165, 1.54) is 17.7 Å². The highest BCUT2D eigenvalue weighted by Gasteiger charge is 2.33. The summed E-state index contributed by atoms with van der Waals surface area (Å²) < 4.78 is 30.5. The van der Waals surface area contributed by atoms with E-state index >= 15 is 0 Å². The number of ether oxygens (including phenoxy) is 1. The third-order valence-corrected chi connectivity index (χ3v) is 7.01. The summed E-state index contributed by atoms with van der Waals surface area (Å²) in [7, 11) is -2.13. The minimum Gasteiger partial charge on any atom is -0.467 e. The van der Waals surface area contributed by atoms with Crippen molar-refractivity contribution in [3.05, 3.63) is 65.4 Å². The van der Waals surface area contributed by atoms with Crippen molar-refractivity contribution in [3.8, 4) is 0 Å². The first-order chi connectivity index (χ1) is 15.2. The molecule has 2 N–H and O–H groups in total. The van der Waals surface area contributed by atoms with E-state index in [4.69, 9.17) is 4.74 Å². The van der Waals surface area contributed by atoms with E-state index in [0.29, 0.717) is 17.7 Å². The molecular weight excluding hydrogens is 430 g/mol. The zero-order chi connectivity index (χ0) is 23.0. The van der Waals surface area contributed by atoms with E-state index in [1.807, 2.05) is 37.4 Å². The number of rotatable bonds is 6. The molecule has 1 aromatic heterocycles. The third-order valence-electron chi connectivity index (χ3n) is 5.74. The number of methoxy groups -OCH3 is 1. The van der Waals surface area contributed by atoms with Crippen LogP contribution in [0, 0.1) is 0 Å². The second-order valence-corrected chi connectivity index (χ2v) is 9.93. The van der Waals surface area contributed by atoms with Crippen molar-refractivity contribution in [3.63, 3.8) is 0 Å². The molecule has 8 nitrogen and oxygen atoms in total. The van der Waals surface area contributed by atoms with Crippen molar-refractivity contribution in [2.75, 3.05) is 17.7 Å². The Kier molecular flexibility index (Phi) is 5.68. The maximum atomic E-state index is 13.0. The number of benzene rings is 2. The second kappa shape index (κ2) is 8.31. The Morgan fingerprint density at radius 3 is 2.72 bits per heavy atom. The zero-order valence-electron chi connectivity index (χ0n) is 18.1. The van der Waals surface area contributed by atoms with Crippen LogP contribution in [0.4, 0.5) is 5.69 Å². The van der Waals surface area contributed by atoms with E-state index in [0.717, 1.165) is 22.0 Å². The van der Waals surface area contributed by atoms with Gasteiger partial charge in [0.1, 0.15) is 6.04 Å². The Morgan fingerprint density at radius 1 is 1.25 bits per heavy atom. The van der Waals surface area contributed by atoms with Gasteiger partial charge in [0.25, 0.3) is 5.91 Å². The average molecular weight is 456 g/mol. The lowest BCUT2D eigenvalue weighted by atomic mass is 10.0. The number of aromatic amines is 1. The third kappa shape index (κ3) is 4.08. The molecule has 0 fully saturated rings. The summed E-state index contributed by atoms with van der Waals surface area (Å²) in [4.78, 5) is 28.5. The number of nitrogens with zero attached hydrogens (tertiary/aromatic N) is 1. The van der Waals surface area contributed by atoms with E-state index in [9.17, 15) is 18.0 Å². The highest BCUT2D eigenvalue weighted by Crippen LogP contribution is 2.34. The van der Waals surface area contributed by atoms with E-state index in [2.05, 4.69) is 10.3 Å². The molecule has 1 amide bonds. The number of esters is 1. The Balaban J connectivity index is 1.57. The highest BCUT2D eigenvalue weighted by atomic mass is 32.2. The van der Waals surface area contributed by atoms with Crippen LogP contribution in [-0.4, -0.2) is 50.7 Å². The fourth-order valence-corrected chi connectivity index (χ4v) is 5.61. The molecule has 0 aliphatic carbocycles. The number of hydrogen-bond donors (Lipinski definition) is 2. The quantitative estimate of drug-likeness (QED) is 0.555. The summed E-state index contributed by atoms with van der Waals surface area (Å²) in [5.41, 5.74) is 3.56. The lowest BCUT2D eigenvalue weighted by molar-refractivity contribution is -0.142. The number of hydrogen-bond acceptors (Lipinski definition) is 5. The molecule has 0 saturated carbocycles. The molecule has 4 rings (SSSR count). The van der Waals surface area contributed by atoms with Crippen molar-refractivity contribution in [2.24, 2.45) is 0 Å². The van der Waals surface area contributed by atoms with Gasteiger partial charge in [0, 0.05) is 35.1 Å². The van der Waals surface area contributed by atoms with Gasteiger partial charge in [-0.05, 0) is 48.7 Å². The molecule has 0 radical (unpaired) electrons. The van der Waals surface area contributed by atoms with Gasteiger partial charge in [-0.3, -0.25) is 9.10 Å². The van der Waals surface area contributed by atoms with Gasteiger partial charge in [0.2, 0.25) is 10.0 Å². The topological polar surface area (TPSA) is 109 Å². The molecule has 1 aliphatic rings. The van der Waals surface area contributed by atoms with Gasteiger partial charge >= 0.3 is 5.97 Å². The fraction of sp³-hybridized carbons (Fsp3) is 0.304. The van der Waals surface area contributed by atoms with Gasteiger partial charge < -0.3 is 15.0 Å². The number of aromatic nitrogens is 1. The average Bonchev–Trinajstić information content (AvgIpc) is 3.31. The summed E-state index contributed by atoms with van der Waals surface area (Å²) >= 11 is 0. The van der Waals surface area contributed by atoms with Crippen LogP contribution in [0.5, 0.6) is 0 Å². The molecule has 168 valence electrons. The van der Waals surface area contributed by atoms with Crippen molar-refractivity contribution in [2.45, 2.75) is 31.8 Å². The number of para-hydroxylation sites is 1. The molecule has 2 heterocycles. The van der Waals surface area contributed by atoms with Crippen LogP contribution in [0.3, 0.4) is 0 Å². The van der Waals surface area contributed by atoms with Crippen molar-refractivity contribution < 1.29 is 22.7 Å². The van der Waals surface area contributed by atoms with Crippen LogP contribution in [0.25, 0.3) is 10.9 Å². The van der Waals surface area contributed by atoms with Crippen molar-refractivity contribution in [1.29, 1.82) is 0 Å². The molecule has 32 heavy (non-hydrogen) atoms. The van der Waals surface area contributed by atoms with Crippen molar-refractivity contribution >= 4 is 38.5 Å². The molecule has 0 bridgehead atoms. The van der Waals surface area contributed by atoms with E-state index < -0.39 is 27.9 Å². The number of carbonyl (C=O) groups is 2. The van der Waals surface area contributed by atoms with Gasteiger partial charge in [-0.1, -0.05) is 18.2 Å². The first-order valence-corrected chi connectivity index (χ1v) is 12.1. The fourth-order valence-electron chi connectivity index (χ4n) is 4.35. The Bertz CT molecular complexity index is 1300. The monoisotopic (exact) mass is 455 g/mol. The van der Waals surface area contributed by atoms with Crippen LogP contribution < -0.4 is 9.62 Å². The molecule has 1 aliphatic heterocycles. The molecule has 9 heteroatoms. The number of fused-ring (bicyclic) bond motifs is 2.